The van der Waals surface area contributed by atoms with Crippen molar-refractivity contribution in [2.75, 3.05) is 6.61 Å². The first-order valence-corrected chi connectivity index (χ1v) is 10.7. The molecule has 1 aliphatic rings. The van der Waals surface area contributed by atoms with Gasteiger partial charge >= 0.3 is 0 Å². The first-order chi connectivity index (χ1) is 13.6. The van der Waals surface area contributed by atoms with Crippen molar-refractivity contribution in [3.05, 3.63) is 63.9 Å². The zero-order chi connectivity index (χ0) is 19.5. The van der Waals surface area contributed by atoms with Crippen LogP contribution in [0.1, 0.15) is 18.4 Å². The van der Waals surface area contributed by atoms with Gasteiger partial charge in [-0.3, -0.25) is 4.57 Å². The van der Waals surface area contributed by atoms with Crippen LogP contribution in [0.5, 0.6) is 0 Å². The van der Waals surface area contributed by atoms with Crippen molar-refractivity contribution in [1.29, 1.82) is 0 Å². The Labute approximate surface area is 177 Å². The Morgan fingerprint density at radius 1 is 1.11 bits per heavy atom. The van der Waals surface area contributed by atoms with Gasteiger partial charge < -0.3 is 4.74 Å². The fourth-order valence-electron chi connectivity index (χ4n) is 3.14. The summed E-state index contributed by atoms with van der Waals surface area (Å²) >= 11 is 13.7. The maximum Gasteiger partial charge on any atom is 0.191 e. The van der Waals surface area contributed by atoms with E-state index in [-0.39, 0.29) is 11.9 Å². The number of thioether (sulfide) groups is 1. The minimum absolute atomic E-state index is 0.138. The quantitative estimate of drug-likeness (QED) is 0.452. The lowest BCUT2D eigenvalue weighted by Crippen LogP contribution is -2.16. The van der Waals surface area contributed by atoms with Crippen molar-refractivity contribution < 1.29 is 9.13 Å². The normalized spacial score (nSPS) is 16.6. The third-order valence-electron chi connectivity index (χ3n) is 4.58. The first-order valence-electron chi connectivity index (χ1n) is 8.97. The molecule has 1 fully saturated rings. The molecule has 2 aromatic carbocycles. The maximum absolute atomic E-state index is 13.3. The highest BCUT2D eigenvalue weighted by Gasteiger charge is 2.22. The van der Waals surface area contributed by atoms with Gasteiger partial charge in [-0.1, -0.05) is 41.0 Å². The molecule has 2 heterocycles. The molecule has 0 amide bonds. The number of benzene rings is 2. The van der Waals surface area contributed by atoms with E-state index in [9.17, 15) is 4.39 Å². The van der Waals surface area contributed by atoms with Crippen molar-refractivity contribution >= 4 is 35.0 Å². The van der Waals surface area contributed by atoms with Crippen molar-refractivity contribution in [1.82, 2.24) is 14.8 Å². The van der Waals surface area contributed by atoms with Gasteiger partial charge in [0.1, 0.15) is 5.82 Å². The van der Waals surface area contributed by atoms with E-state index in [0.717, 1.165) is 35.7 Å². The first kappa shape index (κ1) is 19.7. The number of nitrogens with zero attached hydrogens (tertiary/aromatic N) is 3. The Balaban J connectivity index is 1.59. The third-order valence-corrected chi connectivity index (χ3v) is 6.36. The predicted molar refractivity (Wildman–Crippen MR) is 110 cm³/mol. The van der Waals surface area contributed by atoms with E-state index >= 15 is 0 Å². The van der Waals surface area contributed by atoms with E-state index in [0.29, 0.717) is 28.2 Å². The molecule has 4 rings (SSSR count). The highest BCUT2D eigenvalue weighted by Crippen LogP contribution is 2.30. The van der Waals surface area contributed by atoms with Crippen LogP contribution in [-0.4, -0.2) is 27.5 Å². The van der Waals surface area contributed by atoms with E-state index in [1.165, 1.54) is 12.1 Å². The summed E-state index contributed by atoms with van der Waals surface area (Å²) in [6, 6.07) is 11.9. The maximum atomic E-state index is 13.3. The monoisotopic (exact) mass is 437 g/mol. The predicted octanol–water partition coefficient (Wildman–Crippen LogP) is 5.86. The second-order valence-electron chi connectivity index (χ2n) is 6.60. The molecule has 4 nitrogen and oxygen atoms in total. The largest absolute Gasteiger partial charge is 0.376 e. The van der Waals surface area contributed by atoms with Crippen molar-refractivity contribution in [2.24, 2.45) is 0 Å². The topological polar surface area (TPSA) is 39.9 Å². The zero-order valence-electron chi connectivity index (χ0n) is 14.9. The van der Waals surface area contributed by atoms with Crippen LogP contribution in [0.2, 0.25) is 10.0 Å². The molecule has 1 aliphatic heterocycles. The standard InChI is InChI=1S/C20H18Cl2FN3OS/c21-17-8-3-13(10-18(17)22)12-28-20-25-24-19(14-4-6-15(23)7-5-14)26(20)11-16-2-1-9-27-16/h3-8,10,16H,1-2,9,11-12H2/t16-/m1/s1. The van der Waals surface area contributed by atoms with E-state index < -0.39 is 0 Å². The lowest BCUT2D eigenvalue weighted by Gasteiger charge is -2.15. The summed E-state index contributed by atoms with van der Waals surface area (Å²) in [4.78, 5) is 0. The Hall–Kier alpha value is -1.60. The van der Waals surface area contributed by atoms with E-state index in [4.69, 9.17) is 27.9 Å². The number of aromatic nitrogens is 3. The van der Waals surface area contributed by atoms with Crippen molar-refractivity contribution in [3.63, 3.8) is 0 Å². The van der Waals surface area contributed by atoms with E-state index in [2.05, 4.69) is 14.8 Å². The fourth-order valence-corrected chi connectivity index (χ4v) is 4.35. The van der Waals surface area contributed by atoms with Gasteiger partial charge in [0.25, 0.3) is 0 Å². The van der Waals surface area contributed by atoms with Crippen LogP contribution in [0.4, 0.5) is 4.39 Å². The molecule has 146 valence electrons. The molecule has 8 heteroatoms. The second kappa shape index (κ2) is 8.82. The van der Waals surface area contributed by atoms with Crippen molar-refractivity contribution in [2.45, 2.75) is 36.4 Å². The summed E-state index contributed by atoms with van der Waals surface area (Å²) < 4.78 is 21.2. The number of rotatable bonds is 6. The molecule has 1 saturated heterocycles. The molecule has 0 spiro atoms. The summed E-state index contributed by atoms with van der Waals surface area (Å²) in [7, 11) is 0. The molecule has 0 unspecified atom stereocenters. The van der Waals surface area contributed by atoms with Gasteiger partial charge in [0.15, 0.2) is 11.0 Å². The number of hydrogen-bond acceptors (Lipinski definition) is 4. The summed E-state index contributed by atoms with van der Waals surface area (Å²) in [5.41, 5.74) is 1.88. The molecule has 0 N–H and O–H groups in total. The smallest absolute Gasteiger partial charge is 0.191 e. The Morgan fingerprint density at radius 2 is 1.93 bits per heavy atom. The highest BCUT2D eigenvalue weighted by molar-refractivity contribution is 7.98. The molecule has 0 radical (unpaired) electrons. The van der Waals surface area contributed by atoms with Gasteiger partial charge in [-0.25, -0.2) is 4.39 Å². The average Bonchev–Trinajstić information content (AvgIpc) is 3.34. The Bertz CT molecular complexity index is 959. The minimum Gasteiger partial charge on any atom is -0.376 e. The molecule has 1 aromatic heterocycles. The van der Waals surface area contributed by atoms with Gasteiger partial charge in [0, 0.05) is 17.9 Å². The van der Waals surface area contributed by atoms with Gasteiger partial charge in [-0.05, 0) is 54.8 Å². The van der Waals surface area contributed by atoms with Crippen LogP contribution in [0.3, 0.4) is 0 Å². The van der Waals surface area contributed by atoms with Crippen LogP contribution in [-0.2, 0) is 17.0 Å². The summed E-state index contributed by atoms with van der Waals surface area (Å²) in [6.07, 6.45) is 2.21. The molecule has 0 aliphatic carbocycles. The summed E-state index contributed by atoms with van der Waals surface area (Å²) in [5, 5.41) is 10.6. The average molecular weight is 438 g/mol. The molecular weight excluding hydrogens is 420 g/mol. The molecular formula is C20H18Cl2FN3OS. The van der Waals surface area contributed by atoms with Gasteiger partial charge in [0.2, 0.25) is 0 Å². The van der Waals surface area contributed by atoms with Gasteiger partial charge in [-0.2, -0.15) is 0 Å². The fraction of sp³-hybridized carbons (Fsp3) is 0.300. The zero-order valence-corrected chi connectivity index (χ0v) is 17.3. The minimum atomic E-state index is -0.275. The lowest BCUT2D eigenvalue weighted by molar-refractivity contribution is 0.0953. The SMILES string of the molecule is Fc1ccc(-c2nnc(SCc3ccc(Cl)c(Cl)c3)n2C[C@H]2CCCO2)cc1. The number of ether oxygens (including phenoxy) is 1. The van der Waals surface area contributed by atoms with Crippen LogP contribution < -0.4 is 0 Å². The third kappa shape index (κ3) is 4.51. The Morgan fingerprint density at radius 3 is 2.64 bits per heavy atom. The number of hydrogen-bond donors (Lipinski definition) is 0. The van der Waals surface area contributed by atoms with Gasteiger partial charge in [0.05, 0.1) is 22.7 Å². The highest BCUT2D eigenvalue weighted by atomic mass is 35.5. The molecule has 1 atom stereocenters. The van der Waals surface area contributed by atoms with Crippen molar-refractivity contribution in [3.8, 4) is 11.4 Å². The molecule has 28 heavy (non-hydrogen) atoms. The molecule has 0 saturated carbocycles. The lowest BCUT2D eigenvalue weighted by atomic mass is 10.2. The van der Waals surface area contributed by atoms with E-state index in [1.54, 1.807) is 30.0 Å². The second-order valence-corrected chi connectivity index (χ2v) is 8.35. The van der Waals surface area contributed by atoms with Gasteiger partial charge in [-0.15, -0.1) is 10.2 Å². The van der Waals surface area contributed by atoms with Crippen LogP contribution >= 0.6 is 35.0 Å². The Kier molecular flexibility index (Phi) is 6.21. The van der Waals surface area contributed by atoms with Crippen LogP contribution in [0.25, 0.3) is 11.4 Å². The molecule has 3 aromatic rings. The summed E-state index contributed by atoms with van der Waals surface area (Å²) in [6.45, 7) is 1.45. The van der Waals surface area contributed by atoms with E-state index in [1.807, 2.05) is 12.1 Å². The summed E-state index contributed by atoms with van der Waals surface area (Å²) in [5.74, 6) is 1.12. The van der Waals surface area contributed by atoms with Crippen LogP contribution in [0, 0.1) is 5.82 Å². The van der Waals surface area contributed by atoms with Crippen LogP contribution in [0.15, 0.2) is 47.6 Å². The molecule has 0 bridgehead atoms. The number of halogens is 3.